The summed E-state index contributed by atoms with van der Waals surface area (Å²) in [6, 6.07) is 4.67. The van der Waals surface area contributed by atoms with Gasteiger partial charge in [0, 0.05) is 0 Å². The number of hydrogen-bond donors (Lipinski definition) is 1. The van der Waals surface area contributed by atoms with E-state index in [0.717, 1.165) is 24.2 Å². The number of halogens is 1. The van der Waals surface area contributed by atoms with Gasteiger partial charge in [0.15, 0.2) is 0 Å². The van der Waals surface area contributed by atoms with Gasteiger partial charge in [0.05, 0.1) is 7.11 Å². The molecule has 0 heterocycles. The zero-order chi connectivity index (χ0) is 12.8. The first-order valence-electron chi connectivity index (χ1n) is 6.11. The molecular formula is C14H22FNO. The number of ether oxygens (including phenoxy) is 1. The van der Waals surface area contributed by atoms with Crippen LogP contribution in [0, 0.1) is 17.7 Å². The molecule has 17 heavy (non-hydrogen) atoms. The van der Waals surface area contributed by atoms with Crippen LogP contribution in [-0.2, 0) is 6.42 Å². The third-order valence-electron chi connectivity index (χ3n) is 3.20. The maximum atomic E-state index is 13.2. The topological polar surface area (TPSA) is 35.2 Å². The summed E-state index contributed by atoms with van der Waals surface area (Å²) in [6.07, 6.45) is 1.77. The second kappa shape index (κ2) is 6.60. The molecule has 0 saturated heterocycles. The lowest BCUT2D eigenvalue weighted by Crippen LogP contribution is -2.17. The fourth-order valence-corrected chi connectivity index (χ4v) is 2.07. The smallest absolute Gasteiger partial charge is 0.123 e. The van der Waals surface area contributed by atoms with Crippen LogP contribution in [0.1, 0.15) is 25.8 Å². The highest BCUT2D eigenvalue weighted by Crippen LogP contribution is 2.26. The van der Waals surface area contributed by atoms with E-state index in [1.807, 2.05) is 0 Å². The molecular weight excluding hydrogens is 217 g/mol. The molecule has 0 spiro atoms. The van der Waals surface area contributed by atoms with E-state index in [1.165, 1.54) is 6.07 Å². The Morgan fingerprint density at radius 3 is 2.59 bits per heavy atom. The van der Waals surface area contributed by atoms with Crippen LogP contribution in [-0.4, -0.2) is 13.7 Å². The van der Waals surface area contributed by atoms with Crippen LogP contribution in [0.2, 0.25) is 0 Å². The standard InChI is InChI=1S/C14H22FNO/c1-10(2)11(6-7-16)8-12-9-13(15)4-5-14(12)17-3/h4-5,9-11H,6-8,16H2,1-3H3. The summed E-state index contributed by atoms with van der Waals surface area (Å²) in [6.45, 7) is 5.01. The van der Waals surface area contributed by atoms with E-state index >= 15 is 0 Å². The predicted octanol–water partition coefficient (Wildman–Crippen LogP) is 3.00. The van der Waals surface area contributed by atoms with Gasteiger partial charge in [-0.3, -0.25) is 0 Å². The van der Waals surface area contributed by atoms with Crippen LogP contribution in [0.4, 0.5) is 4.39 Å². The largest absolute Gasteiger partial charge is 0.496 e. The van der Waals surface area contributed by atoms with Crippen molar-refractivity contribution in [2.24, 2.45) is 17.6 Å². The van der Waals surface area contributed by atoms with Gasteiger partial charge in [-0.05, 0) is 55.0 Å². The fraction of sp³-hybridized carbons (Fsp3) is 0.571. The molecule has 1 rings (SSSR count). The Bertz CT molecular complexity index is 352. The molecule has 2 nitrogen and oxygen atoms in total. The molecule has 3 heteroatoms. The van der Waals surface area contributed by atoms with Gasteiger partial charge in [0.25, 0.3) is 0 Å². The van der Waals surface area contributed by atoms with Crippen molar-refractivity contribution in [1.29, 1.82) is 0 Å². The zero-order valence-electron chi connectivity index (χ0n) is 10.9. The highest BCUT2D eigenvalue weighted by Gasteiger charge is 2.16. The van der Waals surface area contributed by atoms with E-state index in [9.17, 15) is 4.39 Å². The van der Waals surface area contributed by atoms with Gasteiger partial charge in [0.1, 0.15) is 11.6 Å². The molecule has 0 aromatic heterocycles. The van der Waals surface area contributed by atoms with Gasteiger partial charge in [-0.15, -0.1) is 0 Å². The Morgan fingerprint density at radius 1 is 1.35 bits per heavy atom. The minimum Gasteiger partial charge on any atom is -0.496 e. The first kappa shape index (κ1) is 14.0. The van der Waals surface area contributed by atoms with Crippen molar-refractivity contribution in [3.8, 4) is 5.75 Å². The number of rotatable bonds is 6. The van der Waals surface area contributed by atoms with Crippen molar-refractivity contribution in [2.75, 3.05) is 13.7 Å². The molecule has 1 aromatic carbocycles. The Hall–Kier alpha value is -1.09. The summed E-state index contributed by atoms with van der Waals surface area (Å²) in [5.74, 6) is 1.55. The molecule has 1 aromatic rings. The quantitative estimate of drug-likeness (QED) is 0.828. The van der Waals surface area contributed by atoms with Crippen LogP contribution in [0.25, 0.3) is 0 Å². The van der Waals surface area contributed by atoms with Crippen molar-refractivity contribution in [1.82, 2.24) is 0 Å². The Morgan fingerprint density at radius 2 is 2.06 bits per heavy atom. The van der Waals surface area contributed by atoms with E-state index in [1.54, 1.807) is 19.2 Å². The van der Waals surface area contributed by atoms with Gasteiger partial charge in [-0.2, -0.15) is 0 Å². The number of benzene rings is 1. The molecule has 0 amide bonds. The molecule has 0 aliphatic rings. The van der Waals surface area contributed by atoms with Crippen LogP contribution >= 0.6 is 0 Å². The summed E-state index contributed by atoms with van der Waals surface area (Å²) in [5, 5.41) is 0. The number of nitrogens with two attached hydrogens (primary N) is 1. The first-order chi connectivity index (χ1) is 8.08. The zero-order valence-corrected chi connectivity index (χ0v) is 10.9. The molecule has 1 unspecified atom stereocenters. The number of hydrogen-bond acceptors (Lipinski definition) is 2. The van der Waals surface area contributed by atoms with Crippen LogP contribution in [0.5, 0.6) is 5.75 Å². The molecule has 0 aliphatic heterocycles. The minimum atomic E-state index is -0.212. The summed E-state index contributed by atoms with van der Waals surface area (Å²) >= 11 is 0. The SMILES string of the molecule is COc1ccc(F)cc1CC(CCN)C(C)C. The van der Waals surface area contributed by atoms with E-state index in [2.05, 4.69) is 13.8 Å². The molecule has 2 N–H and O–H groups in total. The summed E-state index contributed by atoms with van der Waals surface area (Å²) < 4.78 is 18.5. The van der Waals surface area contributed by atoms with Crippen molar-refractivity contribution in [2.45, 2.75) is 26.7 Å². The third-order valence-corrected chi connectivity index (χ3v) is 3.20. The van der Waals surface area contributed by atoms with E-state index in [-0.39, 0.29) is 5.82 Å². The molecule has 0 aliphatic carbocycles. The average molecular weight is 239 g/mol. The van der Waals surface area contributed by atoms with Crippen LogP contribution in [0.15, 0.2) is 18.2 Å². The number of methoxy groups -OCH3 is 1. The monoisotopic (exact) mass is 239 g/mol. The maximum absolute atomic E-state index is 13.2. The third kappa shape index (κ3) is 4.00. The van der Waals surface area contributed by atoms with Gasteiger partial charge in [0.2, 0.25) is 0 Å². The summed E-state index contributed by atoms with van der Waals surface area (Å²) in [5.41, 5.74) is 6.55. The average Bonchev–Trinajstić information content (AvgIpc) is 2.28. The molecule has 0 radical (unpaired) electrons. The maximum Gasteiger partial charge on any atom is 0.123 e. The second-order valence-electron chi connectivity index (χ2n) is 4.74. The van der Waals surface area contributed by atoms with E-state index < -0.39 is 0 Å². The molecule has 0 fully saturated rings. The minimum absolute atomic E-state index is 0.212. The summed E-state index contributed by atoms with van der Waals surface area (Å²) in [4.78, 5) is 0. The Labute approximate surface area is 103 Å². The molecule has 0 bridgehead atoms. The Kier molecular flexibility index (Phi) is 5.42. The van der Waals surface area contributed by atoms with Gasteiger partial charge < -0.3 is 10.5 Å². The van der Waals surface area contributed by atoms with Gasteiger partial charge >= 0.3 is 0 Å². The van der Waals surface area contributed by atoms with Crippen molar-refractivity contribution in [3.63, 3.8) is 0 Å². The Balaban J connectivity index is 2.87. The van der Waals surface area contributed by atoms with Crippen LogP contribution < -0.4 is 10.5 Å². The van der Waals surface area contributed by atoms with Gasteiger partial charge in [-0.1, -0.05) is 13.8 Å². The van der Waals surface area contributed by atoms with Crippen LogP contribution in [0.3, 0.4) is 0 Å². The van der Waals surface area contributed by atoms with Crippen molar-refractivity contribution in [3.05, 3.63) is 29.6 Å². The lowest BCUT2D eigenvalue weighted by molar-refractivity contribution is 0.350. The lowest BCUT2D eigenvalue weighted by atomic mass is 9.86. The van der Waals surface area contributed by atoms with E-state index in [4.69, 9.17) is 10.5 Å². The fourth-order valence-electron chi connectivity index (χ4n) is 2.07. The second-order valence-corrected chi connectivity index (χ2v) is 4.74. The first-order valence-corrected chi connectivity index (χ1v) is 6.11. The lowest BCUT2D eigenvalue weighted by Gasteiger charge is -2.21. The summed E-state index contributed by atoms with van der Waals surface area (Å²) in [7, 11) is 1.62. The van der Waals surface area contributed by atoms with Gasteiger partial charge in [-0.25, -0.2) is 4.39 Å². The van der Waals surface area contributed by atoms with Crippen molar-refractivity contribution < 1.29 is 9.13 Å². The van der Waals surface area contributed by atoms with E-state index in [0.29, 0.717) is 18.4 Å². The predicted molar refractivity (Wildman–Crippen MR) is 68.7 cm³/mol. The van der Waals surface area contributed by atoms with Crippen molar-refractivity contribution >= 4 is 0 Å². The highest BCUT2D eigenvalue weighted by atomic mass is 19.1. The molecule has 1 atom stereocenters. The normalized spacial score (nSPS) is 12.8. The highest BCUT2D eigenvalue weighted by molar-refractivity contribution is 5.34. The molecule has 96 valence electrons. The molecule has 0 saturated carbocycles.